The van der Waals surface area contributed by atoms with E-state index >= 15 is 0 Å². The molecule has 19 heavy (non-hydrogen) atoms. The van der Waals surface area contributed by atoms with Crippen LogP contribution in [0.4, 0.5) is 0 Å². The summed E-state index contributed by atoms with van der Waals surface area (Å²) in [5.74, 6) is 1.36. The molecular weight excluding hydrogens is 260 g/mol. The van der Waals surface area contributed by atoms with E-state index in [1.165, 1.54) is 19.3 Å². The van der Waals surface area contributed by atoms with E-state index < -0.39 is 10.1 Å². The van der Waals surface area contributed by atoms with Crippen molar-refractivity contribution in [3.8, 4) is 0 Å². The summed E-state index contributed by atoms with van der Waals surface area (Å²) < 4.78 is 29.9. The molecule has 104 valence electrons. The van der Waals surface area contributed by atoms with Gasteiger partial charge in [0.15, 0.2) is 0 Å². The smallest absolute Gasteiger partial charge is 0.263 e. The summed E-state index contributed by atoms with van der Waals surface area (Å²) in [6, 6.07) is 6.87. The molecule has 1 aromatic rings. The van der Waals surface area contributed by atoms with Crippen LogP contribution in [0, 0.1) is 18.8 Å². The Bertz CT molecular complexity index is 535. The van der Waals surface area contributed by atoms with Gasteiger partial charge in [0, 0.05) is 0 Å². The van der Waals surface area contributed by atoms with Crippen molar-refractivity contribution in [2.75, 3.05) is 0 Å². The first-order valence-electron chi connectivity index (χ1n) is 7.03. The van der Waals surface area contributed by atoms with Gasteiger partial charge < -0.3 is 0 Å². The van der Waals surface area contributed by atoms with Crippen molar-refractivity contribution in [1.29, 1.82) is 0 Å². The predicted octanol–water partition coefficient (Wildman–Crippen LogP) is 3.28. The third kappa shape index (κ3) is 2.84. The van der Waals surface area contributed by atoms with E-state index in [-0.39, 0.29) is 11.0 Å². The van der Waals surface area contributed by atoms with Crippen molar-refractivity contribution in [2.24, 2.45) is 11.8 Å². The van der Waals surface area contributed by atoms with Gasteiger partial charge in [0.1, 0.15) is 0 Å². The Labute approximate surface area is 115 Å². The molecule has 0 spiro atoms. The zero-order valence-electron chi connectivity index (χ0n) is 11.2. The highest BCUT2D eigenvalue weighted by atomic mass is 32.2. The van der Waals surface area contributed by atoms with Crippen LogP contribution in [0.2, 0.25) is 0 Å². The Kier molecular flexibility index (Phi) is 3.39. The first-order chi connectivity index (χ1) is 9.03. The number of fused-ring (bicyclic) bond motifs is 2. The number of rotatable bonds is 3. The van der Waals surface area contributed by atoms with E-state index in [1.54, 1.807) is 24.3 Å². The van der Waals surface area contributed by atoms with Gasteiger partial charge in [-0.15, -0.1) is 0 Å². The zero-order chi connectivity index (χ0) is 13.5. The Balaban J connectivity index is 1.73. The average Bonchev–Trinajstić information content (AvgIpc) is 2.69. The molecule has 0 N–H and O–H groups in total. The molecule has 1 aromatic carbocycles. The van der Waals surface area contributed by atoms with Gasteiger partial charge in [-0.25, -0.2) is 0 Å². The third-order valence-corrected chi connectivity index (χ3v) is 5.79. The largest absolute Gasteiger partial charge is 0.297 e. The second-order valence-electron chi connectivity index (χ2n) is 6.00. The lowest BCUT2D eigenvalue weighted by atomic mass is 9.87. The van der Waals surface area contributed by atoms with Crippen molar-refractivity contribution in [2.45, 2.75) is 50.0 Å². The summed E-state index contributed by atoms with van der Waals surface area (Å²) in [6.45, 7) is 1.94. The van der Waals surface area contributed by atoms with Crippen molar-refractivity contribution >= 4 is 10.1 Å². The summed E-state index contributed by atoms with van der Waals surface area (Å²) in [7, 11) is -3.60. The highest BCUT2D eigenvalue weighted by Gasteiger charge is 2.36. The highest BCUT2D eigenvalue weighted by Crippen LogP contribution is 2.43. The Hall–Kier alpha value is -0.870. The summed E-state index contributed by atoms with van der Waals surface area (Å²) in [5.41, 5.74) is 1.05. The summed E-state index contributed by atoms with van der Waals surface area (Å²) in [5, 5.41) is 0. The Morgan fingerprint density at radius 3 is 2.16 bits per heavy atom. The monoisotopic (exact) mass is 280 g/mol. The lowest BCUT2D eigenvalue weighted by Gasteiger charge is -2.27. The highest BCUT2D eigenvalue weighted by molar-refractivity contribution is 7.86. The van der Waals surface area contributed by atoms with Gasteiger partial charge in [-0.2, -0.15) is 8.42 Å². The second-order valence-corrected chi connectivity index (χ2v) is 7.57. The van der Waals surface area contributed by atoms with Gasteiger partial charge >= 0.3 is 0 Å². The van der Waals surface area contributed by atoms with Crippen LogP contribution in [0.3, 0.4) is 0 Å². The molecule has 0 amide bonds. The number of hydrogen-bond donors (Lipinski definition) is 0. The van der Waals surface area contributed by atoms with Crippen LogP contribution >= 0.6 is 0 Å². The van der Waals surface area contributed by atoms with Gasteiger partial charge in [-0.3, -0.25) is 4.18 Å². The van der Waals surface area contributed by atoms with E-state index in [0.29, 0.717) is 11.8 Å². The first-order valence-corrected chi connectivity index (χ1v) is 8.44. The van der Waals surface area contributed by atoms with E-state index in [9.17, 15) is 8.42 Å². The molecule has 2 saturated carbocycles. The predicted molar refractivity (Wildman–Crippen MR) is 73.3 cm³/mol. The van der Waals surface area contributed by atoms with Crippen LogP contribution in [-0.4, -0.2) is 14.5 Å². The molecule has 0 aromatic heterocycles. The normalized spacial score (nSPS) is 30.5. The maximum Gasteiger partial charge on any atom is 0.297 e. The fourth-order valence-corrected chi connectivity index (χ4v) is 4.56. The fraction of sp³-hybridized carbons (Fsp3) is 0.600. The van der Waals surface area contributed by atoms with Crippen molar-refractivity contribution in [3.05, 3.63) is 29.8 Å². The summed E-state index contributed by atoms with van der Waals surface area (Å²) >= 11 is 0. The van der Waals surface area contributed by atoms with E-state index in [1.807, 2.05) is 6.92 Å². The lowest BCUT2D eigenvalue weighted by molar-refractivity contribution is 0.125. The molecule has 2 aliphatic carbocycles. The van der Waals surface area contributed by atoms with Crippen LogP contribution in [0.25, 0.3) is 0 Å². The quantitative estimate of drug-likeness (QED) is 0.798. The Morgan fingerprint density at radius 1 is 1.00 bits per heavy atom. The SMILES string of the molecule is Cc1ccc(S(=O)(=O)OC2CC3CCC(C3)C2)cc1. The molecule has 2 aliphatic rings. The minimum Gasteiger partial charge on any atom is -0.263 e. The van der Waals surface area contributed by atoms with Crippen LogP contribution in [-0.2, 0) is 14.3 Å². The zero-order valence-corrected chi connectivity index (χ0v) is 12.0. The number of benzene rings is 1. The minimum absolute atomic E-state index is 0.113. The molecule has 4 heteroatoms. The van der Waals surface area contributed by atoms with E-state index in [0.717, 1.165) is 18.4 Å². The van der Waals surface area contributed by atoms with E-state index in [2.05, 4.69) is 0 Å². The van der Waals surface area contributed by atoms with Crippen molar-refractivity contribution < 1.29 is 12.6 Å². The lowest BCUT2D eigenvalue weighted by Crippen LogP contribution is -2.26. The molecule has 0 radical (unpaired) electrons. The maximum atomic E-state index is 12.2. The molecule has 2 bridgehead atoms. The van der Waals surface area contributed by atoms with Crippen molar-refractivity contribution in [3.63, 3.8) is 0 Å². The second kappa shape index (κ2) is 4.91. The van der Waals surface area contributed by atoms with Gasteiger partial charge in [-0.1, -0.05) is 30.5 Å². The molecule has 0 saturated heterocycles. The molecule has 2 fully saturated rings. The standard InChI is InChI=1S/C15H20O3S/c1-11-2-6-15(7-3-11)19(16,17)18-14-9-12-4-5-13(8-12)10-14/h2-3,6-7,12-14H,4-5,8-10H2,1H3. The molecule has 2 unspecified atom stereocenters. The molecular formula is C15H20O3S. The van der Waals surface area contributed by atoms with Gasteiger partial charge in [-0.05, 0) is 50.2 Å². The average molecular weight is 280 g/mol. The number of hydrogen-bond acceptors (Lipinski definition) is 3. The summed E-state index contributed by atoms with van der Waals surface area (Å²) in [4.78, 5) is 0.274. The molecule has 3 rings (SSSR count). The molecule has 3 nitrogen and oxygen atoms in total. The van der Waals surface area contributed by atoms with E-state index in [4.69, 9.17) is 4.18 Å². The topological polar surface area (TPSA) is 43.4 Å². The molecule has 2 atom stereocenters. The summed E-state index contributed by atoms with van der Waals surface area (Å²) in [6.07, 6.45) is 5.45. The fourth-order valence-electron chi connectivity index (χ4n) is 3.46. The molecule has 0 heterocycles. The van der Waals surface area contributed by atoms with Gasteiger partial charge in [0.05, 0.1) is 11.0 Å². The van der Waals surface area contributed by atoms with Crippen LogP contribution in [0.5, 0.6) is 0 Å². The maximum absolute atomic E-state index is 12.2. The van der Waals surface area contributed by atoms with Crippen molar-refractivity contribution in [1.82, 2.24) is 0 Å². The number of aryl methyl sites for hydroxylation is 1. The van der Waals surface area contributed by atoms with Gasteiger partial charge in [0.2, 0.25) is 0 Å². The first kappa shape index (κ1) is 13.1. The molecule has 0 aliphatic heterocycles. The third-order valence-electron chi connectivity index (χ3n) is 4.41. The minimum atomic E-state index is -3.60. The van der Waals surface area contributed by atoms with Crippen LogP contribution in [0.15, 0.2) is 29.2 Å². The Morgan fingerprint density at radius 2 is 1.58 bits per heavy atom. The van der Waals surface area contributed by atoms with Crippen LogP contribution < -0.4 is 0 Å². The van der Waals surface area contributed by atoms with Crippen LogP contribution in [0.1, 0.15) is 37.7 Å². The van der Waals surface area contributed by atoms with Gasteiger partial charge in [0.25, 0.3) is 10.1 Å².